The van der Waals surface area contributed by atoms with Gasteiger partial charge in [0, 0.05) is 30.7 Å². The smallest absolute Gasteiger partial charge is 0.345 e. The zero-order chi connectivity index (χ0) is 22.3. The molecule has 0 aliphatic carbocycles. The first-order valence-electron chi connectivity index (χ1n) is 9.98. The molecular formula is C22H27F2NO4S. The summed E-state index contributed by atoms with van der Waals surface area (Å²) in [5, 5.41) is 19.2. The summed E-state index contributed by atoms with van der Waals surface area (Å²) in [6, 6.07) is 2.43. The van der Waals surface area contributed by atoms with E-state index in [0.717, 1.165) is 27.5 Å². The van der Waals surface area contributed by atoms with Crippen LogP contribution in [0, 0.1) is 17.8 Å². The molecular weight excluding hydrogens is 412 g/mol. The second kappa shape index (κ2) is 10.7. The van der Waals surface area contributed by atoms with Crippen LogP contribution in [0.5, 0.6) is 0 Å². The number of nitrogens with zero attached hydrogens (tertiary/aromatic N) is 1. The van der Waals surface area contributed by atoms with Crippen LogP contribution >= 0.6 is 11.3 Å². The van der Waals surface area contributed by atoms with Crippen LogP contribution in [-0.2, 0) is 11.2 Å². The van der Waals surface area contributed by atoms with Gasteiger partial charge in [0.2, 0.25) is 0 Å². The van der Waals surface area contributed by atoms with Gasteiger partial charge in [-0.3, -0.25) is 4.79 Å². The topological polar surface area (TPSA) is 77.8 Å². The largest absolute Gasteiger partial charge is 0.477 e. The first-order valence-corrected chi connectivity index (χ1v) is 10.8. The van der Waals surface area contributed by atoms with E-state index in [0.29, 0.717) is 19.3 Å². The average molecular weight is 440 g/mol. The van der Waals surface area contributed by atoms with Gasteiger partial charge < -0.3 is 15.1 Å². The van der Waals surface area contributed by atoms with Gasteiger partial charge in [0.05, 0.1) is 12.1 Å². The van der Waals surface area contributed by atoms with Crippen LogP contribution in [0.2, 0.25) is 0 Å². The maximum absolute atomic E-state index is 14.0. The average Bonchev–Trinajstić information content (AvgIpc) is 3.24. The molecule has 3 atom stereocenters. The normalized spacial score (nSPS) is 20.2. The highest BCUT2D eigenvalue weighted by Crippen LogP contribution is 2.34. The number of carboxylic acids is 1. The number of alkyl halides is 2. The summed E-state index contributed by atoms with van der Waals surface area (Å²) in [5.74, 6) is 0.123. The number of halogens is 2. The molecule has 2 N–H and O–H groups in total. The molecule has 164 valence electrons. The number of thiophene rings is 1. The highest BCUT2D eigenvalue weighted by atomic mass is 32.1. The van der Waals surface area contributed by atoms with Crippen molar-refractivity contribution >= 4 is 23.2 Å². The summed E-state index contributed by atoms with van der Waals surface area (Å²) < 4.78 is 28.0. The Morgan fingerprint density at radius 3 is 2.80 bits per heavy atom. The van der Waals surface area contributed by atoms with Crippen molar-refractivity contribution in [1.82, 2.24) is 4.90 Å². The van der Waals surface area contributed by atoms with E-state index in [-0.39, 0.29) is 17.3 Å². The Bertz CT molecular complexity index is 840. The van der Waals surface area contributed by atoms with Crippen LogP contribution < -0.4 is 0 Å². The first kappa shape index (κ1) is 24.0. The number of aliphatic hydroxyl groups is 1. The van der Waals surface area contributed by atoms with Crippen LogP contribution in [0.1, 0.15) is 54.1 Å². The lowest BCUT2D eigenvalue weighted by molar-refractivity contribution is -0.148. The summed E-state index contributed by atoms with van der Waals surface area (Å²) in [4.78, 5) is 25.3. The van der Waals surface area contributed by atoms with E-state index < -0.39 is 36.4 Å². The fraction of sp³-hybridized carbons (Fsp3) is 0.545. The van der Waals surface area contributed by atoms with Gasteiger partial charge in [-0.25, -0.2) is 4.79 Å². The molecule has 1 aromatic heterocycles. The third-order valence-corrected chi connectivity index (χ3v) is 6.11. The highest BCUT2D eigenvalue weighted by molar-refractivity contribution is 7.13. The molecule has 1 aromatic rings. The third-order valence-electron chi connectivity index (χ3n) is 4.97. The minimum atomic E-state index is -3.42. The summed E-state index contributed by atoms with van der Waals surface area (Å²) in [6.07, 6.45) is 3.70. The summed E-state index contributed by atoms with van der Waals surface area (Å²) >= 11 is 1.14. The SMILES string of the molecule is CCC#CCC(C)C(O)C=CC1CC(F)(F)C(=O)N1CCCc1ccc(C(=O)O)s1. The van der Waals surface area contributed by atoms with Crippen molar-refractivity contribution in [3.63, 3.8) is 0 Å². The lowest BCUT2D eigenvalue weighted by Crippen LogP contribution is -2.36. The number of aryl methyl sites for hydroxylation is 1. The van der Waals surface area contributed by atoms with E-state index in [4.69, 9.17) is 5.11 Å². The zero-order valence-electron chi connectivity index (χ0n) is 17.1. The number of hydrogen-bond donors (Lipinski definition) is 2. The molecule has 2 rings (SSSR count). The van der Waals surface area contributed by atoms with Crippen molar-refractivity contribution in [3.05, 3.63) is 34.0 Å². The van der Waals surface area contributed by atoms with E-state index >= 15 is 0 Å². The van der Waals surface area contributed by atoms with E-state index in [9.17, 15) is 23.5 Å². The molecule has 1 saturated heterocycles. The molecule has 3 unspecified atom stereocenters. The molecule has 30 heavy (non-hydrogen) atoms. The first-order chi connectivity index (χ1) is 14.2. The lowest BCUT2D eigenvalue weighted by Gasteiger charge is -2.22. The number of aliphatic hydroxyl groups excluding tert-OH is 1. The van der Waals surface area contributed by atoms with Gasteiger partial charge in [-0.1, -0.05) is 26.0 Å². The number of carbonyl (C=O) groups excluding carboxylic acids is 1. The molecule has 0 aromatic carbocycles. The predicted octanol–water partition coefficient (Wildman–Crippen LogP) is 3.97. The van der Waals surface area contributed by atoms with Crippen LogP contribution in [0.4, 0.5) is 8.78 Å². The van der Waals surface area contributed by atoms with Crippen LogP contribution in [0.25, 0.3) is 0 Å². The van der Waals surface area contributed by atoms with Crippen molar-refractivity contribution in [3.8, 4) is 11.8 Å². The monoisotopic (exact) mass is 439 g/mol. The Balaban J connectivity index is 1.97. The van der Waals surface area contributed by atoms with Crippen molar-refractivity contribution < 1.29 is 28.6 Å². The Labute approximate surface area is 179 Å². The number of rotatable bonds is 9. The second-order valence-electron chi connectivity index (χ2n) is 7.41. The van der Waals surface area contributed by atoms with E-state index in [1.165, 1.54) is 18.2 Å². The Morgan fingerprint density at radius 1 is 1.43 bits per heavy atom. The lowest BCUT2D eigenvalue weighted by atomic mass is 9.99. The molecule has 5 nitrogen and oxygen atoms in total. The fourth-order valence-electron chi connectivity index (χ4n) is 3.22. The van der Waals surface area contributed by atoms with Gasteiger partial charge >= 0.3 is 11.9 Å². The fourth-order valence-corrected chi connectivity index (χ4v) is 4.11. The second-order valence-corrected chi connectivity index (χ2v) is 8.58. The molecule has 0 radical (unpaired) electrons. The Morgan fingerprint density at radius 2 is 2.17 bits per heavy atom. The zero-order valence-corrected chi connectivity index (χ0v) is 17.9. The molecule has 2 heterocycles. The van der Waals surface area contributed by atoms with Crippen molar-refractivity contribution in [2.75, 3.05) is 6.54 Å². The predicted molar refractivity (Wildman–Crippen MR) is 112 cm³/mol. The minimum absolute atomic E-state index is 0.136. The molecule has 1 fully saturated rings. The van der Waals surface area contributed by atoms with E-state index in [2.05, 4.69) is 11.8 Å². The molecule has 1 aliphatic heterocycles. The third kappa shape index (κ3) is 6.38. The summed E-state index contributed by atoms with van der Waals surface area (Å²) in [7, 11) is 0. The molecule has 0 spiro atoms. The molecule has 0 bridgehead atoms. The number of carboxylic acid groups (broad SMARTS) is 1. The standard InChI is InChI=1S/C22H27F2NO4S/c1-3-4-5-7-15(2)18(26)11-9-16-14-22(23,24)21(29)25(16)13-6-8-17-10-12-19(30-17)20(27)28/h9-12,15-16,18,26H,3,6-8,13-14H2,1-2H3,(H,27,28). The molecule has 0 saturated carbocycles. The van der Waals surface area contributed by atoms with Gasteiger partial charge in [-0.05, 0) is 30.9 Å². The van der Waals surface area contributed by atoms with Crippen molar-refractivity contribution in [2.45, 2.75) is 64.0 Å². The van der Waals surface area contributed by atoms with E-state index in [1.54, 1.807) is 6.07 Å². The van der Waals surface area contributed by atoms with Crippen molar-refractivity contribution in [1.29, 1.82) is 0 Å². The number of amides is 1. The van der Waals surface area contributed by atoms with Gasteiger partial charge in [0.1, 0.15) is 4.88 Å². The van der Waals surface area contributed by atoms with Gasteiger partial charge in [-0.15, -0.1) is 23.2 Å². The minimum Gasteiger partial charge on any atom is -0.477 e. The number of likely N-dealkylation sites (tertiary alicyclic amines) is 1. The molecule has 8 heteroatoms. The summed E-state index contributed by atoms with van der Waals surface area (Å²) in [5.41, 5.74) is 0. The highest BCUT2D eigenvalue weighted by Gasteiger charge is 2.52. The van der Waals surface area contributed by atoms with Gasteiger partial charge in [0.25, 0.3) is 5.91 Å². The van der Waals surface area contributed by atoms with Crippen molar-refractivity contribution in [2.24, 2.45) is 5.92 Å². The maximum atomic E-state index is 14.0. The summed E-state index contributed by atoms with van der Waals surface area (Å²) in [6.45, 7) is 3.90. The van der Waals surface area contributed by atoms with Crippen LogP contribution in [0.3, 0.4) is 0 Å². The number of aromatic carboxylic acids is 1. The van der Waals surface area contributed by atoms with Crippen LogP contribution in [0.15, 0.2) is 24.3 Å². The van der Waals surface area contributed by atoms with Gasteiger partial charge in [0.15, 0.2) is 0 Å². The Kier molecular flexibility index (Phi) is 8.56. The van der Waals surface area contributed by atoms with E-state index in [1.807, 2.05) is 13.8 Å². The Hall–Kier alpha value is -2.24. The molecule has 1 aliphatic rings. The molecule has 1 amide bonds. The van der Waals surface area contributed by atoms with Crippen LogP contribution in [-0.4, -0.2) is 51.6 Å². The van der Waals surface area contributed by atoms with Gasteiger partial charge in [-0.2, -0.15) is 8.78 Å². The quantitative estimate of drug-likeness (QED) is 0.451. The number of carbonyl (C=O) groups is 2. The maximum Gasteiger partial charge on any atom is 0.345 e. The number of hydrogen-bond acceptors (Lipinski definition) is 4.